The number of esters is 1. The number of nitrogens with zero attached hydrogens (tertiary/aromatic N) is 1. The van der Waals surface area contributed by atoms with Gasteiger partial charge in [-0.2, -0.15) is 0 Å². The number of carbonyl (C=O) groups is 1. The summed E-state index contributed by atoms with van der Waals surface area (Å²) in [5.41, 5.74) is 3.80. The number of H-pyrrole nitrogens is 1. The first-order chi connectivity index (χ1) is 13.1. The molecule has 1 aromatic heterocycles. The number of fused-ring (bicyclic) bond motifs is 6. The summed E-state index contributed by atoms with van der Waals surface area (Å²) in [5, 5.41) is 22.1. The van der Waals surface area contributed by atoms with Crippen LogP contribution in [0.5, 0.6) is 0 Å². The van der Waals surface area contributed by atoms with Crippen LogP contribution in [0.25, 0.3) is 10.9 Å². The molecule has 0 amide bonds. The van der Waals surface area contributed by atoms with Gasteiger partial charge < -0.3 is 19.9 Å². The molecule has 6 atom stereocenters. The first kappa shape index (κ1) is 17.2. The number of piperidine rings is 1. The number of aromatic nitrogens is 1. The summed E-state index contributed by atoms with van der Waals surface area (Å²) in [4.78, 5) is 18.5. The van der Waals surface area contributed by atoms with Crippen LogP contribution in [0, 0.1) is 17.8 Å². The molecule has 6 heteroatoms. The number of aliphatic hydroxyl groups excluding tert-OH is 2. The fraction of sp³-hybridized carbons (Fsp3) is 0.571. The zero-order valence-electron chi connectivity index (χ0n) is 15.5. The summed E-state index contributed by atoms with van der Waals surface area (Å²) in [6.07, 6.45) is 0.450. The lowest BCUT2D eigenvalue weighted by Gasteiger charge is -2.51. The Balaban J connectivity index is 1.53. The van der Waals surface area contributed by atoms with Gasteiger partial charge in [0, 0.05) is 29.7 Å². The standard InChI is InChI=1S/C21H26N2O4/c1-27-21(26)18-14-9-16-19-13(12-4-2-3-5-15(12)22-19)6-7-23(16)10-11(14)8-17(24)20(18)25/h2-5,11,14,16-18,20,22,24-25H,6-10H2,1H3/t11-,14-,16-,17+,18+,20-/m0/s1. The Hall–Kier alpha value is -1.89. The van der Waals surface area contributed by atoms with Crippen molar-refractivity contribution < 1.29 is 19.7 Å². The number of para-hydroxylation sites is 1. The molecule has 1 aliphatic carbocycles. The van der Waals surface area contributed by atoms with E-state index in [0.717, 1.165) is 31.4 Å². The maximum absolute atomic E-state index is 12.4. The molecule has 0 bridgehead atoms. The summed E-state index contributed by atoms with van der Waals surface area (Å²) in [6, 6.07) is 8.62. The molecular formula is C21H26N2O4. The van der Waals surface area contributed by atoms with E-state index in [2.05, 4.69) is 28.1 Å². The smallest absolute Gasteiger partial charge is 0.311 e. The quantitative estimate of drug-likeness (QED) is 0.664. The summed E-state index contributed by atoms with van der Waals surface area (Å²) < 4.78 is 4.98. The average molecular weight is 370 g/mol. The lowest BCUT2D eigenvalue weighted by Crippen LogP contribution is -2.57. The van der Waals surface area contributed by atoms with Crippen LogP contribution in [0.2, 0.25) is 0 Å². The van der Waals surface area contributed by atoms with Crippen molar-refractivity contribution >= 4 is 16.9 Å². The maximum atomic E-state index is 12.4. The number of benzene rings is 1. The molecule has 1 saturated carbocycles. The van der Waals surface area contributed by atoms with Gasteiger partial charge in [0.05, 0.1) is 31.3 Å². The van der Waals surface area contributed by atoms with E-state index in [1.165, 1.54) is 23.8 Å². The van der Waals surface area contributed by atoms with Gasteiger partial charge in [0.15, 0.2) is 0 Å². The molecule has 27 heavy (non-hydrogen) atoms. The van der Waals surface area contributed by atoms with Gasteiger partial charge in [0.1, 0.15) is 0 Å². The van der Waals surface area contributed by atoms with E-state index in [-0.39, 0.29) is 17.9 Å². The topological polar surface area (TPSA) is 85.8 Å². The molecule has 1 aromatic carbocycles. The van der Waals surface area contributed by atoms with Gasteiger partial charge in [-0.25, -0.2) is 0 Å². The zero-order valence-corrected chi connectivity index (χ0v) is 15.5. The van der Waals surface area contributed by atoms with E-state index in [0.29, 0.717) is 6.42 Å². The Labute approximate surface area is 158 Å². The van der Waals surface area contributed by atoms with Crippen molar-refractivity contribution in [3.63, 3.8) is 0 Å². The predicted octanol–water partition coefficient (Wildman–Crippen LogP) is 1.62. The van der Waals surface area contributed by atoms with Gasteiger partial charge >= 0.3 is 5.97 Å². The van der Waals surface area contributed by atoms with E-state index in [9.17, 15) is 15.0 Å². The minimum Gasteiger partial charge on any atom is -0.469 e. The van der Waals surface area contributed by atoms with E-state index in [4.69, 9.17) is 4.74 Å². The number of methoxy groups -OCH3 is 1. The molecule has 6 nitrogen and oxygen atoms in total. The van der Waals surface area contributed by atoms with Gasteiger partial charge in [-0.05, 0) is 42.7 Å². The summed E-state index contributed by atoms with van der Waals surface area (Å²) in [7, 11) is 1.36. The van der Waals surface area contributed by atoms with Gasteiger partial charge in [0.25, 0.3) is 0 Å². The Morgan fingerprint density at radius 1 is 1.26 bits per heavy atom. The van der Waals surface area contributed by atoms with E-state index in [1.54, 1.807) is 0 Å². The number of aromatic amines is 1. The molecule has 3 N–H and O–H groups in total. The first-order valence-electron chi connectivity index (χ1n) is 9.86. The molecule has 1 saturated heterocycles. The minimum absolute atomic E-state index is 0.0227. The van der Waals surface area contributed by atoms with Crippen molar-refractivity contribution in [3.8, 4) is 0 Å². The first-order valence-corrected chi connectivity index (χ1v) is 9.86. The number of hydrogen-bond donors (Lipinski definition) is 3. The van der Waals surface area contributed by atoms with E-state index in [1.807, 2.05) is 6.07 Å². The average Bonchev–Trinajstić information content (AvgIpc) is 3.06. The molecule has 0 unspecified atom stereocenters. The van der Waals surface area contributed by atoms with E-state index < -0.39 is 24.1 Å². The van der Waals surface area contributed by atoms with Gasteiger partial charge in [0.2, 0.25) is 0 Å². The van der Waals surface area contributed by atoms with Crippen LogP contribution in [-0.4, -0.2) is 58.5 Å². The van der Waals surface area contributed by atoms with Crippen molar-refractivity contribution in [2.24, 2.45) is 17.8 Å². The second-order valence-electron chi connectivity index (χ2n) is 8.33. The summed E-state index contributed by atoms with van der Waals surface area (Å²) in [5.74, 6) is -0.831. The molecule has 2 aliphatic heterocycles. The molecule has 2 aromatic rings. The molecule has 2 fully saturated rings. The van der Waals surface area contributed by atoms with Crippen LogP contribution in [0.4, 0.5) is 0 Å². The fourth-order valence-corrected chi connectivity index (χ4v) is 5.82. The normalized spacial score (nSPS) is 36.0. The fourth-order valence-electron chi connectivity index (χ4n) is 5.82. The molecule has 5 rings (SSSR count). The number of nitrogens with one attached hydrogen (secondary N) is 1. The Kier molecular flexibility index (Phi) is 4.04. The Morgan fingerprint density at radius 3 is 2.89 bits per heavy atom. The van der Waals surface area contributed by atoms with Crippen LogP contribution >= 0.6 is 0 Å². The number of aliphatic hydroxyl groups is 2. The lowest BCUT2D eigenvalue weighted by molar-refractivity contribution is -0.171. The van der Waals surface area contributed by atoms with Gasteiger partial charge in [-0.3, -0.25) is 9.69 Å². The summed E-state index contributed by atoms with van der Waals surface area (Å²) in [6.45, 7) is 1.84. The predicted molar refractivity (Wildman–Crippen MR) is 100 cm³/mol. The highest BCUT2D eigenvalue weighted by atomic mass is 16.5. The Morgan fingerprint density at radius 2 is 2.07 bits per heavy atom. The van der Waals surface area contributed by atoms with Crippen molar-refractivity contribution in [2.75, 3.05) is 20.2 Å². The Bertz CT molecular complexity index is 878. The van der Waals surface area contributed by atoms with E-state index >= 15 is 0 Å². The number of carbonyl (C=O) groups excluding carboxylic acids is 1. The van der Waals surface area contributed by atoms with Gasteiger partial charge in [-0.1, -0.05) is 18.2 Å². The lowest BCUT2D eigenvalue weighted by atomic mass is 9.64. The minimum atomic E-state index is -1.05. The number of rotatable bonds is 1. The monoisotopic (exact) mass is 370 g/mol. The van der Waals surface area contributed by atoms with Crippen LogP contribution in [-0.2, 0) is 16.0 Å². The largest absolute Gasteiger partial charge is 0.469 e. The van der Waals surface area contributed by atoms with Crippen LogP contribution in [0.3, 0.4) is 0 Å². The number of hydrogen-bond acceptors (Lipinski definition) is 5. The third-order valence-corrected chi connectivity index (χ3v) is 7.08. The molecule has 3 heterocycles. The molecule has 144 valence electrons. The number of ether oxygens (including phenoxy) is 1. The van der Waals surface area contributed by atoms with Crippen LogP contribution in [0.15, 0.2) is 24.3 Å². The summed E-state index contributed by atoms with van der Waals surface area (Å²) >= 11 is 0. The highest BCUT2D eigenvalue weighted by Crippen LogP contribution is 2.49. The molecular weight excluding hydrogens is 344 g/mol. The highest BCUT2D eigenvalue weighted by Gasteiger charge is 2.52. The van der Waals surface area contributed by atoms with Crippen molar-refractivity contribution in [1.82, 2.24) is 9.88 Å². The van der Waals surface area contributed by atoms with Crippen LogP contribution in [0.1, 0.15) is 30.1 Å². The maximum Gasteiger partial charge on any atom is 0.311 e. The van der Waals surface area contributed by atoms with Crippen molar-refractivity contribution in [1.29, 1.82) is 0 Å². The second kappa shape index (κ2) is 6.33. The zero-order chi connectivity index (χ0) is 18.7. The van der Waals surface area contributed by atoms with Gasteiger partial charge in [-0.15, -0.1) is 0 Å². The molecule has 0 radical (unpaired) electrons. The molecule has 3 aliphatic rings. The third-order valence-electron chi connectivity index (χ3n) is 7.08. The van der Waals surface area contributed by atoms with Crippen molar-refractivity contribution in [3.05, 3.63) is 35.5 Å². The highest BCUT2D eigenvalue weighted by molar-refractivity contribution is 5.85. The molecule has 0 spiro atoms. The van der Waals surface area contributed by atoms with Crippen molar-refractivity contribution in [2.45, 2.75) is 37.5 Å². The van der Waals surface area contributed by atoms with Crippen LogP contribution < -0.4 is 0 Å². The third kappa shape index (κ3) is 2.54. The second-order valence-corrected chi connectivity index (χ2v) is 8.33. The SMILES string of the molecule is COC(=O)[C@H]1[C@@H](O)[C@H](O)C[C@H]2CN3CCc4c([nH]c5ccccc45)[C@@H]3C[C@@H]21.